The highest BCUT2D eigenvalue weighted by Gasteiger charge is 2.24. The highest BCUT2D eigenvalue weighted by atomic mass is 35.5. The largest absolute Gasteiger partial charge is 0.488 e. The molecule has 1 heterocycles. The smallest absolute Gasteiger partial charge is 0.294 e. The summed E-state index contributed by atoms with van der Waals surface area (Å²) in [7, 11) is 0. The standard InChI is InChI=1S/C20H18ClN3O5/c1-11-5-4-6-18(12(11)2)28-10-15-13(3)29-23-19(15)20(25)22-16-8-7-14(21)9-17(16)24(26)27/h4-9H,10H2,1-3H3,(H,22,25). The van der Waals surface area contributed by atoms with E-state index in [2.05, 4.69) is 10.5 Å². The normalized spacial score (nSPS) is 10.6. The zero-order chi connectivity index (χ0) is 21.1. The van der Waals surface area contributed by atoms with E-state index in [1.807, 2.05) is 32.0 Å². The van der Waals surface area contributed by atoms with Crippen molar-refractivity contribution in [2.75, 3.05) is 5.32 Å². The Kier molecular flexibility index (Phi) is 5.84. The molecule has 1 N–H and O–H groups in total. The van der Waals surface area contributed by atoms with E-state index < -0.39 is 10.8 Å². The Hall–Kier alpha value is -3.39. The van der Waals surface area contributed by atoms with Crippen LogP contribution in [0.4, 0.5) is 11.4 Å². The quantitative estimate of drug-likeness (QED) is 0.448. The molecule has 29 heavy (non-hydrogen) atoms. The fourth-order valence-corrected chi connectivity index (χ4v) is 2.88. The van der Waals surface area contributed by atoms with Crippen molar-refractivity contribution in [3.8, 4) is 5.75 Å². The third-order valence-electron chi connectivity index (χ3n) is 4.53. The minimum absolute atomic E-state index is 0.00273. The molecule has 2 aromatic carbocycles. The van der Waals surface area contributed by atoms with Gasteiger partial charge in [-0.2, -0.15) is 0 Å². The van der Waals surface area contributed by atoms with Crippen LogP contribution in [0.2, 0.25) is 5.02 Å². The molecular weight excluding hydrogens is 398 g/mol. The summed E-state index contributed by atoms with van der Waals surface area (Å²) in [4.78, 5) is 23.3. The van der Waals surface area contributed by atoms with Gasteiger partial charge in [0.2, 0.25) is 0 Å². The molecule has 1 amide bonds. The number of aryl methyl sites for hydroxylation is 2. The zero-order valence-electron chi connectivity index (χ0n) is 16.0. The first kappa shape index (κ1) is 20.3. The average molecular weight is 416 g/mol. The van der Waals surface area contributed by atoms with E-state index in [4.69, 9.17) is 20.9 Å². The molecule has 0 aliphatic rings. The van der Waals surface area contributed by atoms with Gasteiger partial charge in [-0.25, -0.2) is 0 Å². The first-order chi connectivity index (χ1) is 13.8. The molecule has 9 heteroatoms. The second-order valence-corrected chi connectivity index (χ2v) is 6.86. The fourth-order valence-electron chi connectivity index (χ4n) is 2.71. The van der Waals surface area contributed by atoms with Crippen molar-refractivity contribution in [1.82, 2.24) is 5.16 Å². The minimum atomic E-state index is -0.646. The molecule has 3 rings (SSSR count). The summed E-state index contributed by atoms with van der Waals surface area (Å²) in [6.07, 6.45) is 0. The van der Waals surface area contributed by atoms with E-state index in [1.54, 1.807) is 6.92 Å². The van der Waals surface area contributed by atoms with Gasteiger partial charge < -0.3 is 14.6 Å². The van der Waals surface area contributed by atoms with E-state index >= 15 is 0 Å². The van der Waals surface area contributed by atoms with Crippen LogP contribution in [0.25, 0.3) is 0 Å². The second kappa shape index (κ2) is 8.32. The first-order valence-corrected chi connectivity index (χ1v) is 9.05. The van der Waals surface area contributed by atoms with E-state index in [9.17, 15) is 14.9 Å². The summed E-state index contributed by atoms with van der Waals surface area (Å²) in [5.74, 6) is 0.461. The number of anilines is 1. The number of carbonyl (C=O) groups excluding carboxylic acids is 1. The van der Waals surface area contributed by atoms with E-state index in [1.165, 1.54) is 12.1 Å². The van der Waals surface area contributed by atoms with Crippen molar-refractivity contribution < 1.29 is 19.0 Å². The summed E-state index contributed by atoms with van der Waals surface area (Å²) in [6, 6.07) is 9.66. The second-order valence-electron chi connectivity index (χ2n) is 6.43. The van der Waals surface area contributed by atoms with Crippen molar-refractivity contribution in [1.29, 1.82) is 0 Å². The van der Waals surface area contributed by atoms with Crippen LogP contribution in [-0.4, -0.2) is 16.0 Å². The summed E-state index contributed by atoms with van der Waals surface area (Å²) in [5.41, 5.74) is 2.21. The van der Waals surface area contributed by atoms with Crippen LogP contribution in [-0.2, 0) is 6.61 Å². The van der Waals surface area contributed by atoms with Crippen LogP contribution >= 0.6 is 11.6 Å². The average Bonchev–Trinajstić information content (AvgIpc) is 3.05. The molecular formula is C20H18ClN3O5. The van der Waals surface area contributed by atoms with Gasteiger partial charge in [0.1, 0.15) is 23.8 Å². The number of halogens is 1. The molecule has 0 radical (unpaired) electrons. The number of benzene rings is 2. The van der Waals surface area contributed by atoms with E-state index in [0.717, 1.165) is 17.2 Å². The van der Waals surface area contributed by atoms with Crippen LogP contribution in [0.1, 0.15) is 32.9 Å². The molecule has 0 fully saturated rings. The highest BCUT2D eigenvalue weighted by molar-refractivity contribution is 6.31. The number of nitro benzene ring substituents is 1. The molecule has 150 valence electrons. The summed E-state index contributed by atoms with van der Waals surface area (Å²) >= 11 is 5.81. The molecule has 0 aliphatic carbocycles. The van der Waals surface area contributed by atoms with E-state index in [0.29, 0.717) is 17.1 Å². The maximum atomic E-state index is 12.7. The number of nitrogens with one attached hydrogen (secondary N) is 1. The topological polar surface area (TPSA) is 108 Å². The number of aromatic nitrogens is 1. The molecule has 0 aliphatic heterocycles. The number of nitro groups is 1. The van der Waals surface area contributed by atoms with Crippen molar-refractivity contribution in [2.24, 2.45) is 0 Å². The predicted octanol–water partition coefficient (Wildman–Crippen LogP) is 4.99. The molecule has 0 saturated heterocycles. The van der Waals surface area contributed by atoms with Crippen LogP contribution < -0.4 is 10.1 Å². The van der Waals surface area contributed by atoms with Gasteiger partial charge in [0, 0.05) is 11.1 Å². The van der Waals surface area contributed by atoms with Gasteiger partial charge in [0.25, 0.3) is 11.6 Å². The number of nitrogens with zero attached hydrogens (tertiary/aromatic N) is 2. The predicted molar refractivity (Wildman–Crippen MR) is 108 cm³/mol. The molecule has 0 bridgehead atoms. The fraction of sp³-hybridized carbons (Fsp3) is 0.200. The Bertz CT molecular complexity index is 1090. The Morgan fingerprint density at radius 1 is 1.28 bits per heavy atom. The van der Waals surface area contributed by atoms with Crippen LogP contribution in [0.15, 0.2) is 40.9 Å². The Morgan fingerprint density at radius 3 is 2.76 bits per heavy atom. The molecule has 0 saturated carbocycles. The van der Waals surface area contributed by atoms with Gasteiger partial charge in [-0.15, -0.1) is 0 Å². The molecule has 0 unspecified atom stereocenters. The van der Waals surface area contributed by atoms with Gasteiger partial charge in [-0.05, 0) is 50.1 Å². The molecule has 8 nitrogen and oxygen atoms in total. The molecule has 3 aromatic rings. The lowest BCUT2D eigenvalue weighted by molar-refractivity contribution is -0.383. The molecule has 0 spiro atoms. The lowest BCUT2D eigenvalue weighted by Crippen LogP contribution is -2.16. The van der Waals surface area contributed by atoms with Crippen LogP contribution in [0.3, 0.4) is 0 Å². The SMILES string of the molecule is Cc1cccc(OCc2c(C(=O)Nc3ccc(Cl)cc3[N+](=O)[O-])noc2C)c1C. The van der Waals surface area contributed by atoms with Gasteiger partial charge in [0.05, 0.1) is 10.5 Å². The third-order valence-corrected chi connectivity index (χ3v) is 4.77. The van der Waals surface area contributed by atoms with Crippen molar-refractivity contribution >= 4 is 28.9 Å². The molecule has 0 atom stereocenters. The number of ether oxygens (including phenoxy) is 1. The number of hydrogen-bond acceptors (Lipinski definition) is 6. The first-order valence-electron chi connectivity index (χ1n) is 8.67. The number of carbonyl (C=O) groups is 1. The third kappa shape index (κ3) is 4.38. The Balaban J connectivity index is 1.83. The van der Waals surface area contributed by atoms with Gasteiger partial charge in [-0.3, -0.25) is 14.9 Å². The van der Waals surface area contributed by atoms with Crippen molar-refractivity contribution in [2.45, 2.75) is 27.4 Å². The van der Waals surface area contributed by atoms with Gasteiger partial charge in [0.15, 0.2) is 5.69 Å². The Labute approximate surface area is 171 Å². The van der Waals surface area contributed by atoms with Crippen molar-refractivity contribution in [3.05, 3.63) is 79.7 Å². The van der Waals surface area contributed by atoms with Crippen LogP contribution in [0.5, 0.6) is 5.75 Å². The van der Waals surface area contributed by atoms with Crippen molar-refractivity contribution in [3.63, 3.8) is 0 Å². The number of hydrogen-bond donors (Lipinski definition) is 1. The highest BCUT2D eigenvalue weighted by Crippen LogP contribution is 2.29. The number of rotatable bonds is 6. The Morgan fingerprint density at radius 2 is 2.03 bits per heavy atom. The zero-order valence-corrected chi connectivity index (χ0v) is 16.7. The van der Waals surface area contributed by atoms with E-state index in [-0.39, 0.29) is 28.7 Å². The monoisotopic (exact) mass is 415 g/mol. The maximum absolute atomic E-state index is 12.7. The summed E-state index contributed by atoms with van der Waals surface area (Å²) in [6.45, 7) is 5.64. The minimum Gasteiger partial charge on any atom is -0.488 e. The van der Waals surface area contributed by atoms with Gasteiger partial charge in [-0.1, -0.05) is 28.9 Å². The maximum Gasteiger partial charge on any atom is 0.294 e. The summed E-state index contributed by atoms with van der Waals surface area (Å²) in [5, 5.41) is 17.7. The lowest BCUT2D eigenvalue weighted by atomic mass is 10.1. The van der Waals surface area contributed by atoms with Crippen LogP contribution in [0, 0.1) is 30.9 Å². The molecule has 1 aromatic heterocycles. The summed E-state index contributed by atoms with van der Waals surface area (Å²) < 4.78 is 11.0. The van der Waals surface area contributed by atoms with Gasteiger partial charge >= 0.3 is 0 Å². The number of amides is 1. The lowest BCUT2D eigenvalue weighted by Gasteiger charge is -2.11.